The van der Waals surface area contributed by atoms with Gasteiger partial charge in [-0.1, -0.05) is 30.3 Å². The van der Waals surface area contributed by atoms with Gasteiger partial charge in [-0.25, -0.2) is 8.42 Å². The van der Waals surface area contributed by atoms with E-state index in [9.17, 15) is 13.2 Å². The van der Waals surface area contributed by atoms with Gasteiger partial charge in [-0.05, 0) is 23.6 Å². The summed E-state index contributed by atoms with van der Waals surface area (Å²) < 4.78 is 24.2. The highest BCUT2D eigenvalue weighted by molar-refractivity contribution is 7.89. The van der Waals surface area contributed by atoms with Crippen LogP contribution in [0.25, 0.3) is 0 Å². The van der Waals surface area contributed by atoms with Gasteiger partial charge in [0.05, 0.1) is 18.1 Å². The Morgan fingerprint density at radius 1 is 1.45 bits per heavy atom. The van der Waals surface area contributed by atoms with Crippen molar-refractivity contribution in [3.8, 4) is 0 Å². The van der Waals surface area contributed by atoms with Gasteiger partial charge in [0, 0.05) is 5.69 Å². The molecule has 0 unspecified atom stereocenters. The number of anilines is 1. The van der Waals surface area contributed by atoms with Gasteiger partial charge in [0.25, 0.3) is 10.0 Å². The van der Waals surface area contributed by atoms with Gasteiger partial charge in [-0.15, -0.1) is 0 Å². The molecule has 0 fully saturated rings. The van der Waals surface area contributed by atoms with Crippen molar-refractivity contribution < 1.29 is 18.0 Å². The third kappa shape index (κ3) is 3.29. The van der Waals surface area contributed by atoms with Crippen LogP contribution in [0.5, 0.6) is 0 Å². The van der Waals surface area contributed by atoms with Crippen LogP contribution >= 0.6 is 11.6 Å². The maximum atomic E-state index is 12.1. The fraction of sp³-hybridized carbons (Fsp3) is 0.417. The van der Waals surface area contributed by atoms with E-state index in [1.807, 2.05) is 18.7 Å². The van der Waals surface area contributed by atoms with Crippen LogP contribution in [-0.2, 0) is 26.1 Å². The fourth-order valence-electron chi connectivity index (χ4n) is 1.75. The second-order valence-corrected chi connectivity index (χ2v) is 6.98. The van der Waals surface area contributed by atoms with Gasteiger partial charge < -0.3 is 5.32 Å². The molecule has 1 heterocycles. The highest BCUT2D eigenvalue weighted by Gasteiger charge is 2.25. The highest BCUT2D eigenvalue weighted by Crippen LogP contribution is 2.32. The van der Waals surface area contributed by atoms with E-state index in [1.54, 1.807) is 0 Å². The first-order valence-corrected chi connectivity index (χ1v) is 7.91. The van der Waals surface area contributed by atoms with E-state index in [-0.39, 0.29) is 34.8 Å². The summed E-state index contributed by atoms with van der Waals surface area (Å²) in [6, 6.07) is 2.81. The summed E-state index contributed by atoms with van der Waals surface area (Å²) in [6.07, 6.45) is 0.141. The molecule has 1 aromatic carbocycles. The van der Waals surface area contributed by atoms with Gasteiger partial charge >= 0.3 is 0 Å². The molecular formula is C12H15ClN2O4S. The zero-order valence-electron chi connectivity index (χ0n) is 11.1. The van der Waals surface area contributed by atoms with E-state index in [4.69, 9.17) is 16.4 Å². The Morgan fingerprint density at radius 2 is 2.15 bits per heavy atom. The smallest absolute Gasteiger partial charge is 0.263 e. The molecule has 0 spiro atoms. The van der Waals surface area contributed by atoms with Gasteiger partial charge in [0.1, 0.15) is 4.90 Å². The molecule has 8 heteroatoms. The number of halogens is 1. The lowest BCUT2D eigenvalue weighted by Crippen LogP contribution is -2.26. The minimum atomic E-state index is -3.87. The first kappa shape index (κ1) is 15.2. The van der Waals surface area contributed by atoms with Crippen LogP contribution in [0.1, 0.15) is 19.4 Å². The second-order valence-electron chi connectivity index (χ2n) is 4.96. The van der Waals surface area contributed by atoms with E-state index >= 15 is 0 Å². The van der Waals surface area contributed by atoms with E-state index in [0.29, 0.717) is 11.3 Å². The minimum absolute atomic E-state index is 0.0339. The van der Waals surface area contributed by atoms with E-state index in [0.717, 1.165) is 0 Å². The topological polar surface area (TPSA) is 84.5 Å². The number of hydrogen-bond donors (Lipinski definition) is 2. The predicted molar refractivity (Wildman–Crippen MR) is 74.9 cm³/mol. The summed E-state index contributed by atoms with van der Waals surface area (Å²) in [5, 5.41) is 2.64. The number of fused-ring (bicyclic) bond motifs is 1. The summed E-state index contributed by atoms with van der Waals surface area (Å²) >= 11 is 5.96. The molecule has 1 aliphatic rings. The van der Waals surface area contributed by atoms with Crippen molar-refractivity contribution >= 4 is 33.2 Å². The molecule has 6 nitrogen and oxygen atoms in total. The Kier molecular flexibility index (Phi) is 4.33. The molecule has 0 saturated carbocycles. The van der Waals surface area contributed by atoms with Gasteiger partial charge in [0.2, 0.25) is 5.91 Å². The summed E-state index contributed by atoms with van der Waals surface area (Å²) in [5.74, 6) is 0.00430. The third-order valence-corrected chi connectivity index (χ3v) is 4.34. The summed E-state index contributed by atoms with van der Waals surface area (Å²) in [7, 11) is -3.87. The molecule has 0 radical (unpaired) electrons. The normalized spacial score (nSPS) is 14.5. The van der Waals surface area contributed by atoms with Crippen molar-refractivity contribution in [2.75, 3.05) is 11.9 Å². The lowest BCUT2D eigenvalue weighted by molar-refractivity contribution is -0.115. The number of amides is 1. The molecule has 20 heavy (non-hydrogen) atoms. The number of benzene rings is 1. The van der Waals surface area contributed by atoms with E-state index < -0.39 is 10.0 Å². The Balaban J connectivity index is 2.24. The molecule has 1 amide bonds. The molecule has 0 aromatic heterocycles. The minimum Gasteiger partial charge on any atom is -0.325 e. The summed E-state index contributed by atoms with van der Waals surface area (Å²) in [4.78, 5) is 18.1. The highest BCUT2D eigenvalue weighted by atomic mass is 35.5. The first-order valence-electron chi connectivity index (χ1n) is 6.05. The Morgan fingerprint density at radius 3 is 2.80 bits per heavy atom. The quantitative estimate of drug-likeness (QED) is 0.809. The number of carbonyl (C=O) groups excluding carboxylic acids is 1. The summed E-state index contributed by atoms with van der Waals surface area (Å²) in [5.41, 5.74) is 1.14. The van der Waals surface area contributed by atoms with Crippen molar-refractivity contribution in [1.82, 2.24) is 4.89 Å². The zero-order valence-corrected chi connectivity index (χ0v) is 12.6. The Hall–Kier alpha value is -1.15. The average molecular weight is 319 g/mol. The van der Waals surface area contributed by atoms with Crippen molar-refractivity contribution in [1.29, 1.82) is 0 Å². The average Bonchev–Trinajstić information content (AvgIpc) is 2.66. The number of rotatable bonds is 5. The molecule has 2 rings (SSSR count). The van der Waals surface area contributed by atoms with Crippen LogP contribution in [0.4, 0.5) is 5.69 Å². The summed E-state index contributed by atoms with van der Waals surface area (Å²) in [6.45, 7) is 4.05. The maximum absolute atomic E-state index is 12.1. The number of carbonyl (C=O) groups is 1. The third-order valence-electron chi connectivity index (χ3n) is 2.66. The van der Waals surface area contributed by atoms with Crippen LogP contribution in [0.15, 0.2) is 17.0 Å². The van der Waals surface area contributed by atoms with Crippen LogP contribution in [0, 0.1) is 5.92 Å². The Labute approximate surface area is 122 Å². The van der Waals surface area contributed by atoms with Crippen molar-refractivity contribution in [3.63, 3.8) is 0 Å². The van der Waals surface area contributed by atoms with Crippen LogP contribution in [0.2, 0.25) is 5.02 Å². The van der Waals surface area contributed by atoms with Gasteiger partial charge in [0.15, 0.2) is 0 Å². The Bertz CT molecular complexity index is 643. The number of nitrogens with one attached hydrogen (secondary N) is 2. The molecule has 0 atom stereocenters. The molecule has 1 aromatic rings. The molecule has 1 aliphatic heterocycles. The van der Waals surface area contributed by atoms with Crippen LogP contribution < -0.4 is 10.2 Å². The molecule has 2 N–H and O–H groups in total. The molecule has 0 aliphatic carbocycles. The number of hydrogen-bond acceptors (Lipinski definition) is 4. The standard InChI is InChI=1S/C12H15ClN2O4S/c1-7(2)6-19-15-20(17,18)11-3-8-4-12(16)14-10(8)5-9(11)13/h3,5,7,15H,4,6H2,1-2H3,(H,14,16). The molecule has 0 bridgehead atoms. The van der Waals surface area contributed by atoms with Crippen LogP contribution in [0.3, 0.4) is 0 Å². The first-order chi connectivity index (χ1) is 9.29. The van der Waals surface area contributed by atoms with Crippen LogP contribution in [-0.4, -0.2) is 20.9 Å². The predicted octanol–water partition coefficient (Wildman–Crippen LogP) is 1.70. The zero-order chi connectivity index (χ0) is 14.9. The lowest BCUT2D eigenvalue weighted by Gasteiger charge is -2.11. The second kappa shape index (κ2) is 5.69. The van der Waals surface area contributed by atoms with Gasteiger partial charge in [-0.2, -0.15) is 0 Å². The fourth-order valence-corrected chi connectivity index (χ4v) is 3.15. The lowest BCUT2D eigenvalue weighted by atomic mass is 10.2. The molecule has 110 valence electrons. The molecular weight excluding hydrogens is 304 g/mol. The van der Waals surface area contributed by atoms with Crippen molar-refractivity contribution in [2.24, 2.45) is 5.92 Å². The monoisotopic (exact) mass is 318 g/mol. The SMILES string of the molecule is CC(C)CONS(=O)(=O)c1cc2c(cc1Cl)NC(=O)C2. The van der Waals surface area contributed by atoms with Crippen molar-refractivity contribution in [3.05, 3.63) is 22.7 Å². The molecule has 0 saturated heterocycles. The largest absolute Gasteiger partial charge is 0.325 e. The van der Waals surface area contributed by atoms with E-state index in [2.05, 4.69) is 5.32 Å². The van der Waals surface area contributed by atoms with E-state index in [1.165, 1.54) is 12.1 Å². The maximum Gasteiger partial charge on any atom is 0.263 e. The van der Waals surface area contributed by atoms with Crippen molar-refractivity contribution in [2.45, 2.75) is 25.2 Å². The van der Waals surface area contributed by atoms with Gasteiger partial charge in [-0.3, -0.25) is 9.63 Å². The number of sulfonamides is 1.